The summed E-state index contributed by atoms with van der Waals surface area (Å²) < 4.78 is 0.502. The fourth-order valence-electron chi connectivity index (χ4n) is 2.75. The molecule has 1 heterocycles. The molecular formula is C21H19ClN2O2S2. The van der Waals surface area contributed by atoms with Gasteiger partial charge < -0.3 is 5.32 Å². The third kappa shape index (κ3) is 5.01. The van der Waals surface area contributed by atoms with E-state index in [-0.39, 0.29) is 11.8 Å². The normalized spacial score (nSPS) is 15.4. The molecule has 7 heteroatoms. The first-order valence-electron chi connectivity index (χ1n) is 8.81. The molecule has 0 unspecified atom stereocenters. The lowest BCUT2D eigenvalue weighted by molar-refractivity contribution is -0.122. The van der Waals surface area contributed by atoms with E-state index < -0.39 is 0 Å². The zero-order valence-corrected chi connectivity index (χ0v) is 17.7. The van der Waals surface area contributed by atoms with Crippen molar-refractivity contribution in [2.75, 3.05) is 11.9 Å². The monoisotopic (exact) mass is 430 g/mol. The summed E-state index contributed by atoms with van der Waals surface area (Å²) in [7, 11) is 0. The SMILES string of the molecule is Cc1ccccc1NC(=O)CCCN1C(=O)/C(=C/c2ccccc2Cl)SC1=S. The molecular weight excluding hydrogens is 412 g/mol. The lowest BCUT2D eigenvalue weighted by atomic mass is 10.2. The summed E-state index contributed by atoms with van der Waals surface area (Å²) >= 11 is 12.8. The van der Waals surface area contributed by atoms with Crippen molar-refractivity contribution in [1.82, 2.24) is 4.90 Å². The summed E-state index contributed by atoms with van der Waals surface area (Å²) in [6, 6.07) is 15.0. The number of benzene rings is 2. The van der Waals surface area contributed by atoms with Gasteiger partial charge in [0, 0.05) is 23.7 Å². The van der Waals surface area contributed by atoms with E-state index in [1.54, 1.807) is 17.0 Å². The second kappa shape index (κ2) is 9.37. The van der Waals surface area contributed by atoms with E-state index in [2.05, 4.69) is 5.32 Å². The number of aryl methyl sites for hydroxylation is 1. The van der Waals surface area contributed by atoms with Crippen LogP contribution >= 0.6 is 35.6 Å². The van der Waals surface area contributed by atoms with E-state index in [0.717, 1.165) is 16.8 Å². The van der Waals surface area contributed by atoms with Crippen LogP contribution in [0.25, 0.3) is 6.08 Å². The summed E-state index contributed by atoms with van der Waals surface area (Å²) in [5.74, 6) is -0.222. The highest BCUT2D eigenvalue weighted by Crippen LogP contribution is 2.33. The first kappa shape index (κ1) is 20.6. The van der Waals surface area contributed by atoms with Gasteiger partial charge in [-0.1, -0.05) is 72.0 Å². The lowest BCUT2D eigenvalue weighted by Crippen LogP contribution is -2.29. The Hall–Kier alpha value is -2.15. The second-order valence-corrected chi connectivity index (χ2v) is 8.40. The molecule has 1 fully saturated rings. The smallest absolute Gasteiger partial charge is 0.266 e. The Balaban J connectivity index is 1.56. The molecule has 2 aromatic carbocycles. The molecule has 4 nitrogen and oxygen atoms in total. The van der Waals surface area contributed by atoms with Gasteiger partial charge in [0.05, 0.1) is 4.91 Å². The predicted octanol–water partition coefficient (Wildman–Crippen LogP) is 5.27. The number of anilines is 1. The molecule has 1 saturated heterocycles. The number of carbonyl (C=O) groups is 2. The maximum atomic E-state index is 12.6. The number of nitrogens with zero attached hydrogens (tertiary/aromatic N) is 1. The van der Waals surface area contributed by atoms with Crippen molar-refractivity contribution in [1.29, 1.82) is 0 Å². The molecule has 0 aromatic heterocycles. The molecule has 28 heavy (non-hydrogen) atoms. The highest BCUT2D eigenvalue weighted by atomic mass is 35.5. The number of nitrogens with one attached hydrogen (secondary N) is 1. The highest BCUT2D eigenvalue weighted by molar-refractivity contribution is 8.26. The number of rotatable bonds is 6. The summed E-state index contributed by atoms with van der Waals surface area (Å²) in [5, 5.41) is 3.48. The molecule has 144 valence electrons. The van der Waals surface area contributed by atoms with Gasteiger partial charge in [0.2, 0.25) is 5.91 Å². The number of hydrogen-bond donors (Lipinski definition) is 1. The van der Waals surface area contributed by atoms with Crippen LogP contribution < -0.4 is 5.32 Å². The van der Waals surface area contributed by atoms with Gasteiger partial charge >= 0.3 is 0 Å². The minimum Gasteiger partial charge on any atom is -0.326 e. The summed E-state index contributed by atoms with van der Waals surface area (Å²) in [5.41, 5.74) is 2.60. The standard InChI is InChI=1S/C21H19ClN2O2S2/c1-14-7-2-5-10-17(14)23-19(25)11-6-12-24-20(26)18(28-21(24)27)13-15-8-3-4-9-16(15)22/h2-5,7-10,13H,6,11-12H2,1H3,(H,23,25)/b18-13-. The molecule has 0 radical (unpaired) electrons. The summed E-state index contributed by atoms with van der Waals surface area (Å²) in [6.45, 7) is 2.35. The molecule has 2 amide bonds. The van der Waals surface area contributed by atoms with E-state index >= 15 is 0 Å². The number of carbonyl (C=O) groups excluding carboxylic acids is 2. The number of amides is 2. The van der Waals surface area contributed by atoms with Crippen LogP contribution in [0.2, 0.25) is 5.02 Å². The van der Waals surface area contributed by atoms with Crippen LogP contribution in [0.1, 0.15) is 24.0 Å². The molecule has 0 aliphatic carbocycles. The molecule has 3 rings (SSSR count). The van der Waals surface area contributed by atoms with E-state index in [1.165, 1.54) is 11.8 Å². The Morgan fingerprint density at radius 3 is 2.68 bits per heavy atom. The van der Waals surface area contributed by atoms with Crippen LogP contribution in [0.5, 0.6) is 0 Å². The molecule has 1 N–H and O–H groups in total. The first-order chi connectivity index (χ1) is 13.5. The number of thioether (sulfide) groups is 1. The highest BCUT2D eigenvalue weighted by Gasteiger charge is 2.31. The average molecular weight is 431 g/mol. The Labute approximate surface area is 178 Å². The van der Waals surface area contributed by atoms with Gasteiger partial charge in [-0.2, -0.15) is 0 Å². The van der Waals surface area contributed by atoms with Crippen LogP contribution in [0.3, 0.4) is 0 Å². The van der Waals surface area contributed by atoms with Gasteiger partial charge in [-0.3, -0.25) is 14.5 Å². The molecule has 0 bridgehead atoms. The minimum atomic E-state index is -0.144. The minimum absolute atomic E-state index is 0.0775. The zero-order valence-electron chi connectivity index (χ0n) is 15.3. The van der Waals surface area contributed by atoms with Crippen molar-refractivity contribution < 1.29 is 9.59 Å². The van der Waals surface area contributed by atoms with E-state index in [0.29, 0.717) is 33.6 Å². The first-order valence-corrected chi connectivity index (χ1v) is 10.4. The van der Waals surface area contributed by atoms with Crippen molar-refractivity contribution in [2.45, 2.75) is 19.8 Å². The molecule has 1 aliphatic rings. The van der Waals surface area contributed by atoms with Crippen molar-refractivity contribution in [3.8, 4) is 0 Å². The van der Waals surface area contributed by atoms with Crippen LogP contribution in [0.15, 0.2) is 53.4 Å². The molecule has 0 spiro atoms. The zero-order chi connectivity index (χ0) is 20.1. The molecule has 0 atom stereocenters. The van der Waals surface area contributed by atoms with Crippen molar-refractivity contribution in [3.05, 3.63) is 69.6 Å². The summed E-state index contributed by atoms with van der Waals surface area (Å²) in [4.78, 5) is 26.9. The van der Waals surface area contributed by atoms with Crippen LogP contribution in [-0.4, -0.2) is 27.6 Å². The number of hydrogen-bond acceptors (Lipinski definition) is 4. The van der Waals surface area contributed by atoms with Gasteiger partial charge in [0.1, 0.15) is 4.32 Å². The van der Waals surface area contributed by atoms with Gasteiger partial charge in [-0.05, 0) is 42.7 Å². The van der Waals surface area contributed by atoms with E-state index in [1.807, 2.05) is 49.4 Å². The van der Waals surface area contributed by atoms with Crippen LogP contribution in [-0.2, 0) is 9.59 Å². The van der Waals surface area contributed by atoms with Crippen molar-refractivity contribution >= 4 is 63.5 Å². The van der Waals surface area contributed by atoms with Crippen LogP contribution in [0.4, 0.5) is 5.69 Å². The number of thiocarbonyl (C=S) groups is 1. The number of para-hydroxylation sites is 1. The molecule has 2 aromatic rings. The maximum Gasteiger partial charge on any atom is 0.266 e. The van der Waals surface area contributed by atoms with Crippen molar-refractivity contribution in [3.63, 3.8) is 0 Å². The van der Waals surface area contributed by atoms with E-state index in [4.69, 9.17) is 23.8 Å². The number of halogens is 1. The van der Waals surface area contributed by atoms with Crippen LogP contribution in [0, 0.1) is 6.92 Å². The Morgan fingerprint density at radius 2 is 1.93 bits per heavy atom. The van der Waals surface area contributed by atoms with E-state index in [9.17, 15) is 9.59 Å². The largest absolute Gasteiger partial charge is 0.326 e. The lowest BCUT2D eigenvalue weighted by Gasteiger charge is -2.14. The Morgan fingerprint density at radius 1 is 1.21 bits per heavy atom. The average Bonchev–Trinajstić information content (AvgIpc) is 2.93. The maximum absolute atomic E-state index is 12.6. The van der Waals surface area contributed by atoms with Crippen molar-refractivity contribution in [2.24, 2.45) is 0 Å². The van der Waals surface area contributed by atoms with Gasteiger partial charge in [-0.15, -0.1) is 0 Å². The summed E-state index contributed by atoms with van der Waals surface area (Å²) in [6.07, 6.45) is 2.60. The Bertz CT molecular complexity index is 959. The van der Waals surface area contributed by atoms with Gasteiger partial charge in [0.25, 0.3) is 5.91 Å². The molecule has 0 saturated carbocycles. The fourth-order valence-corrected chi connectivity index (χ4v) is 4.24. The second-order valence-electron chi connectivity index (χ2n) is 6.32. The Kier molecular flexibility index (Phi) is 6.88. The molecule has 1 aliphatic heterocycles. The fraction of sp³-hybridized carbons (Fsp3) is 0.190. The predicted molar refractivity (Wildman–Crippen MR) is 120 cm³/mol. The van der Waals surface area contributed by atoms with Gasteiger partial charge in [-0.25, -0.2) is 0 Å². The topological polar surface area (TPSA) is 49.4 Å². The third-order valence-electron chi connectivity index (χ3n) is 4.27. The van der Waals surface area contributed by atoms with Gasteiger partial charge in [0.15, 0.2) is 0 Å². The third-order valence-corrected chi connectivity index (χ3v) is 5.99. The quantitative estimate of drug-likeness (QED) is 0.501.